The summed E-state index contributed by atoms with van der Waals surface area (Å²) in [7, 11) is 0. The molecule has 0 aliphatic heterocycles. The highest BCUT2D eigenvalue weighted by molar-refractivity contribution is 6.30. The molecule has 0 bridgehead atoms. The molecule has 0 atom stereocenters. The minimum atomic E-state index is -0.920. The molecule has 166 valence electrons. The molecule has 1 aromatic rings. The van der Waals surface area contributed by atoms with Gasteiger partial charge in [0.05, 0.1) is 5.56 Å². The molecule has 1 aromatic carbocycles. The average Bonchev–Trinajstić information content (AvgIpc) is 2.94. The van der Waals surface area contributed by atoms with E-state index in [0.717, 1.165) is 23.1 Å². The highest BCUT2D eigenvalue weighted by Gasteiger charge is 2.19. The van der Waals surface area contributed by atoms with E-state index >= 15 is 0 Å². The monoisotopic (exact) mass is 451 g/mol. The van der Waals surface area contributed by atoms with Crippen molar-refractivity contribution in [3.63, 3.8) is 0 Å². The minimum absolute atomic E-state index is 0.329. The number of carbonyl (C=O) groups excluding carboxylic acids is 1. The zero-order valence-corrected chi connectivity index (χ0v) is 18.8. The second-order valence-electron chi connectivity index (χ2n) is 7.81. The second-order valence-corrected chi connectivity index (χ2v) is 8.25. The van der Waals surface area contributed by atoms with Gasteiger partial charge in [0, 0.05) is 16.9 Å². The van der Waals surface area contributed by atoms with Crippen LogP contribution < -0.4 is 10.7 Å². The number of fused-ring (bicyclic) bond motifs is 1. The number of aromatic carboxylic acids is 1. The van der Waals surface area contributed by atoms with Crippen molar-refractivity contribution >= 4 is 35.5 Å². The first-order chi connectivity index (χ1) is 15.3. The lowest BCUT2D eigenvalue weighted by atomic mass is 10.0. The number of amides is 2. The Bertz CT molecular complexity index is 1090. The first-order valence-electron chi connectivity index (χ1n) is 10.5. The topological polar surface area (TPSA) is 90.8 Å². The van der Waals surface area contributed by atoms with Crippen molar-refractivity contribution in [2.24, 2.45) is 5.10 Å². The van der Waals surface area contributed by atoms with Crippen molar-refractivity contribution in [2.75, 3.05) is 5.32 Å². The van der Waals surface area contributed by atoms with Gasteiger partial charge in [-0.1, -0.05) is 49.7 Å². The van der Waals surface area contributed by atoms with Crippen LogP contribution in [0.15, 0.2) is 59.7 Å². The van der Waals surface area contributed by atoms with Gasteiger partial charge in [0.15, 0.2) is 0 Å². The summed E-state index contributed by atoms with van der Waals surface area (Å²) in [5.74, 6) is -0.556. The van der Waals surface area contributed by atoms with Crippen molar-refractivity contribution in [3.05, 3.63) is 76.3 Å². The number of hydrogen-bond acceptors (Lipinski definition) is 3. The van der Waals surface area contributed by atoms with Crippen molar-refractivity contribution < 1.29 is 14.7 Å². The lowest BCUT2D eigenvalue weighted by Crippen LogP contribution is -2.24. The highest BCUT2D eigenvalue weighted by Crippen LogP contribution is 2.34. The number of nitrogens with zero attached hydrogens (tertiary/aromatic N) is 1. The maximum atomic E-state index is 11.8. The molecule has 0 spiro atoms. The molecule has 6 nitrogen and oxygen atoms in total. The number of carboxylic acid groups (broad SMARTS) is 1. The third-order valence-electron chi connectivity index (χ3n) is 5.17. The van der Waals surface area contributed by atoms with Crippen LogP contribution in [0, 0.1) is 0 Å². The van der Waals surface area contributed by atoms with Gasteiger partial charge in [0.1, 0.15) is 0 Å². The Kier molecular flexibility index (Phi) is 7.84. The van der Waals surface area contributed by atoms with Gasteiger partial charge in [-0.15, -0.1) is 0 Å². The molecule has 0 saturated carbocycles. The number of anilines is 1. The summed E-state index contributed by atoms with van der Waals surface area (Å²) in [4.78, 5) is 23.5. The number of carboxylic acids is 1. The molecule has 32 heavy (non-hydrogen) atoms. The summed E-state index contributed by atoms with van der Waals surface area (Å²) >= 11 is 5.82. The summed E-state index contributed by atoms with van der Waals surface area (Å²) in [5, 5.41) is 16.8. The molecule has 0 saturated heterocycles. The number of benzene rings is 1. The number of hydrazone groups is 1. The number of nitrogens with one attached hydrogen (secondary N) is 2. The first-order valence-corrected chi connectivity index (χ1v) is 10.9. The molecule has 0 fully saturated rings. The number of carbonyl (C=O) groups is 2. The Morgan fingerprint density at radius 1 is 1.06 bits per heavy atom. The van der Waals surface area contributed by atoms with E-state index < -0.39 is 12.0 Å². The van der Waals surface area contributed by atoms with E-state index in [0.29, 0.717) is 35.0 Å². The largest absolute Gasteiger partial charge is 0.478 e. The molecule has 2 aliphatic rings. The molecule has 2 amide bonds. The third kappa shape index (κ3) is 6.08. The molecule has 0 heterocycles. The quantitative estimate of drug-likeness (QED) is 0.210. The van der Waals surface area contributed by atoms with Crippen molar-refractivity contribution in [3.8, 4) is 11.1 Å². The standard InChI is InChI=1S/C25H26ClN3O3/c1-16(2)17-6-12-21-18(15-23(24(30)31)22(21)13-7-17)5-3-4-14-27-29-25(32)28-20-10-8-19(26)9-11-20/h6-16H,3-5H2,1-2H3,(H,30,31)(H2,28,29,32)/b27-14+. The first kappa shape index (κ1) is 23.3. The van der Waals surface area contributed by atoms with E-state index in [-0.39, 0.29) is 0 Å². The van der Waals surface area contributed by atoms with E-state index in [4.69, 9.17) is 11.6 Å². The van der Waals surface area contributed by atoms with E-state index in [1.807, 2.05) is 18.2 Å². The number of rotatable bonds is 8. The Balaban J connectivity index is 1.56. The van der Waals surface area contributed by atoms with Crippen LogP contribution in [-0.4, -0.2) is 23.3 Å². The molecule has 3 rings (SSSR count). The maximum Gasteiger partial charge on any atom is 0.339 e. The molecular weight excluding hydrogens is 426 g/mol. The van der Waals surface area contributed by atoms with Gasteiger partial charge < -0.3 is 10.4 Å². The number of urea groups is 1. The predicted octanol–water partition coefficient (Wildman–Crippen LogP) is 6.40. The van der Waals surface area contributed by atoms with Crippen LogP contribution in [0.2, 0.25) is 5.02 Å². The minimum Gasteiger partial charge on any atom is -0.478 e. The van der Waals surface area contributed by atoms with Crippen LogP contribution in [0.25, 0.3) is 11.1 Å². The number of hydrogen-bond donors (Lipinski definition) is 3. The summed E-state index contributed by atoms with van der Waals surface area (Å²) in [6, 6.07) is 16.1. The fourth-order valence-electron chi connectivity index (χ4n) is 3.45. The van der Waals surface area contributed by atoms with E-state index in [9.17, 15) is 14.7 Å². The molecule has 2 aliphatic carbocycles. The SMILES string of the molecule is CC(C)c1ccc2c(CCC/C=N/NC(=O)Nc3ccc(Cl)cc3)cc(C(=O)O)c-2cc1. The van der Waals surface area contributed by atoms with Crippen molar-refractivity contribution in [2.45, 2.75) is 39.0 Å². The van der Waals surface area contributed by atoms with Crippen LogP contribution in [0.1, 0.15) is 54.1 Å². The summed E-state index contributed by atoms with van der Waals surface area (Å²) < 4.78 is 0. The van der Waals surface area contributed by atoms with Gasteiger partial charge in [-0.2, -0.15) is 5.10 Å². The fraction of sp³-hybridized carbons (Fsp3) is 0.240. The van der Waals surface area contributed by atoms with E-state index in [2.05, 4.69) is 35.8 Å². The zero-order chi connectivity index (χ0) is 23.1. The summed E-state index contributed by atoms with van der Waals surface area (Å²) in [6.07, 6.45) is 3.78. The average molecular weight is 452 g/mol. The molecule has 7 heteroatoms. The van der Waals surface area contributed by atoms with Gasteiger partial charge in [-0.05, 0) is 77.8 Å². The van der Waals surface area contributed by atoms with Gasteiger partial charge in [0.2, 0.25) is 0 Å². The normalized spacial score (nSPS) is 11.2. The molecule has 0 unspecified atom stereocenters. The molecule has 0 radical (unpaired) electrons. The van der Waals surface area contributed by atoms with E-state index in [1.165, 1.54) is 5.56 Å². The van der Waals surface area contributed by atoms with Gasteiger partial charge >= 0.3 is 12.0 Å². The van der Waals surface area contributed by atoms with Gasteiger partial charge in [-0.3, -0.25) is 0 Å². The Morgan fingerprint density at radius 2 is 1.75 bits per heavy atom. The lowest BCUT2D eigenvalue weighted by Gasteiger charge is -2.04. The summed E-state index contributed by atoms with van der Waals surface area (Å²) in [6.45, 7) is 4.23. The zero-order valence-electron chi connectivity index (χ0n) is 18.1. The summed E-state index contributed by atoms with van der Waals surface area (Å²) in [5.41, 5.74) is 7.26. The van der Waals surface area contributed by atoms with Crippen LogP contribution in [0.3, 0.4) is 0 Å². The predicted molar refractivity (Wildman–Crippen MR) is 129 cm³/mol. The van der Waals surface area contributed by atoms with Crippen LogP contribution in [0.4, 0.5) is 10.5 Å². The van der Waals surface area contributed by atoms with Crippen LogP contribution in [0.5, 0.6) is 0 Å². The van der Waals surface area contributed by atoms with Gasteiger partial charge in [0.25, 0.3) is 0 Å². The smallest absolute Gasteiger partial charge is 0.339 e. The Hall–Kier alpha value is -3.38. The lowest BCUT2D eigenvalue weighted by molar-refractivity contribution is 0.0698. The fourth-order valence-corrected chi connectivity index (χ4v) is 3.58. The molecule has 0 aromatic heterocycles. The van der Waals surface area contributed by atoms with E-state index in [1.54, 1.807) is 36.5 Å². The van der Waals surface area contributed by atoms with Gasteiger partial charge in [-0.25, -0.2) is 15.0 Å². The number of aryl methyl sites for hydroxylation is 1. The second kappa shape index (κ2) is 10.8. The number of unbranched alkanes of at least 4 members (excludes halogenated alkanes) is 1. The maximum absolute atomic E-state index is 11.8. The van der Waals surface area contributed by atoms with Crippen molar-refractivity contribution in [1.82, 2.24) is 5.43 Å². The van der Waals surface area contributed by atoms with Crippen LogP contribution in [-0.2, 0) is 6.42 Å². The molecule has 3 N–H and O–H groups in total. The number of halogens is 1. The third-order valence-corrected chi connectivity index (χ3v) is 5.42. The van der Waals surface area contributed by atoms with Crippen molar-refractivity contribution in [1.29, 1.82) is 0 Å². The molecular formula is C25H26ClN3O3. The Labute approximate surface area is 192 Å². The Morgan fingerprint density at radius 3 is 2.41 bits per heavy atom. The highest BCUT2D eigenvalue weighted by atomic mass is 35.5. The van der Waals surface area contributed by atoms with Crippen LogP contribution >= 0.6 is 11.6 Å².